The Morgan fingerprint density at radius 2 is 1.76 bits per heavy atom. The van der Waals surface area contributed by atoms with Gasteiger partial charge in [0.25, 0.3) is 0 Å². The Hall–Kier alpha value is -1.39. The van der Waals surface area contributed by atoms with Crippen molar-refractivity contribution in [2.24, 2.45) is 11.7 Å². The van der Waals surface area contributed by atoms with Gasteiger partial charge in [-0.3, -0.25) is 9.69 Å². The van der Waals surface area contributed by atoms with Gasteiger partial charge in [0.15, 0.2) is 0 Å². The molecule has 2 N–H and O–H groups in total. The Balaban J connectivity index is 1.83. The molecule has 1 aliphatic heterocycles. The van der Waals surface area contributed by atoms with Gasteiger partial charge in [-0.05, 0) is 24.4 Å². The van der Waals surface area contributed by atoms with Crippen molar-refractivity contribution in [3.8, 4) is 0 Å². The second kappa shape index (κ2) is 7.57. The van der Waals surface area contributed by atoms with Gasteiger partial charge in [0, 0.05) is 26.2 Å². The first kappa shape index (κ1) is 16.0. The van der Waals surface area contributed by atoms with Gasteiger partial charge in [-0.25, -0.2) is 0 Å². The molecule has 1 aliphatic rings. The van der Waals surface area contributed by atoms with E-state index in [4.69, 9.17) is 5.73 Å². The molecule has 1 unspecified atom stereocenters. The topological polar surface area (TPSA) is 49.6 Å². The second-order valence-electron chi connectivity index (χ2n) is 6.24. The minimum Gasteiger partial charge on any atom is -0.338 e. The average Bonchev–Trinajstić information content (AvgIpc) is 2.53. The summed E-state index contributed by atoms with van der Waals surface area (Å²) in [6.45, 7) is 9.12. The Labute approximate surface area is 127 Å². The minimum atomic E-state index is -0.534. The van der Waals surface area contributed by atoms with E-state index in [1.165, 1.54) is 6.42 Å². The monoisotopic (exact) mass is 289 g/mol. The average molecular weight is 289 g/mol. The minimum absolute atomic E-state index is 0.0460. The van der Waals surface area contributed by atoms with E-state index in [0.717, 1.165) is 44.2 Å². The molecule has 1 fully saturated rings. The van der Waals surface area contributed by atoms with Gasteiger partial charge in [-0.2, -0.15) is 0 Å². The van der Waals surface area contributed by atoms with Crippen LogP contribution in [0.1, 0.15) is 31.9 Å². The van der Waals surface area contributed by atoms with E-state index >= 15 is 0 Å². The summed E-state index contributed by atoms with van der Waals surface area (Å²) < 4.78 is 0. The summed E-state index contributed by atoms with van der Waals surface area (Å²) in [6, 6.07) is 9.09. The molecular weight excluding hydrogens is 262 g/mol. The number of amides is 1. The van der Waals surface area contributed by atoms with Crippen molar-refractivity contribution in [1.29, 1.82) is 0 Å². The maximum absolute atomic E-state index is 12.5. The zero-order chi connectivity index (χ0) is 15.2. The number of nitrogens with two attached hydrogens (primary N) is 1. The third kappa shape index (κ3) is 4.55. The standard InChI is InChI=1S/C17H27N3O/c1-14(2)8-9-19-10-12-20(13-11-19)17(21)16(18)15-6-4-3-5-7-15/h3-7,14,16H,8-13,18H2,1-2H3. The fourth-order valence-corrected chi connectivity index (χ4v) is 2.63. The predicted molar refractivity (Wildman–Crippen MR) is 85.8 cm³/mol. The highest BCUT2D eigenvalue weighted by Crippen LogP contribution is 2.15. The predicted octanol–water partition coefficient (Wildman–Crippen LogP) is 1.88. The Kier molecular flexibility index (Phi) is 5.76. The van der Waals surface area contributed by atoms with E-state index in [0.29, 0.717) is 0 Å². The molecule has 116 valence electrons. The molecule has 2 rings (SSSR count). The highest BCUT2D eigenvalue weighted by Gasteiger charge is 2.25. The second-order valence-corrected chi connectivity index (χ2v) is 6.24. The number of carbonyl (C=O) groups is 1. The van der Waals surface area contributed by atoms with Gasteiger partial charge < -0.3 is 10.6 Å². The van der Waals surface area contributed by atoms with Gasteiger partial charge in [0.2, 0.25) is 5.91 Å². The third-order valence-electron chi connectivity index (χ3n) is 4.13. The van der Waals surface area contributed by atoms with Crippen molar-refractivity contribution < 1.29 is 4.79 Å². The highest BCUT2D eigenvalue weighted by molar-refractivity contribution is 5.83. The lowest BCUT2D eigenvalue weighted by Gasteiger charge is -2.36. The maximum Gasteiger partial charge on any atom is 0.244 e. The molecule has 21 heavy (non-hydrogen) atoms. The number of benzene rings is 1. The third-order valence-corrected chi connectivity index (χ3v) is 4.13. The summed E-state index contributed by atoms with van der Waals surface area (Å²) in [5, 5.41) is 0. The van der Waals surface area contributed by atoms with Crippen LogP contribution in [0.5, 0.6) is 0 Å². The van der Waals surface area contributed by atoms with Crippen LogP contribution in [0.25, 0.3) is 0 Å². The summed E-state index contributed by atoms with van der Waals surface area (Å²) >= 11 is 0. The lowest BCUT2D eigenvalue weighted by atomic mass is 10.1. The van der Waals surface area contributed by atoms with Gasteiger partial charge in [0.05, 0.1) is 0 Å². The molecular formula is C17H27N3O. The first-order chi connectivity index (χ1) is 10.1. The van der Waals surface area contributed by atoms with Crippen molar-refractivity contribution in [3.63, 3.8) is 0 Å². The number of carbonyl (C=O) groups excluding carboxylic acids is 1. The molecule has 1 heterocycles. The van der Waals surface area contributed by atoms with Crippen LogP contribution in [0.15, 0.2) is 30.3 Å². The van der Waals surface area contributed by atoms with Crippen molar-refractivity contribution in [3.05, 3.63) is 35.9 Å². The van der Waals surface area contributed by atoms with Crippen LogP contribution >= 0.6 is 0 Å². The number of hydrogen-bond acceptors (Lipinski definition) is 3. The van der Waals surface area contributed by atoms with Crippen LogP contribution in [0.3, 0.4) is 0 Å². The first-order valence-electron chi connectivity index (χ1n) is 7.89. The van der Waals surface area contributed by atoms with Gasteiger partial charge in [-0.1, -0.05) is 44.2 Å². The van der Waals surface area contributed by atoms with E-state index in [-0.39, 0.29) is 5.91 Å². The lowest BCUT2D eigenvalue weighted by Crippen LogP contribution is -2.51. The zero-order valence-electron chi connectivity index (χ0n) is 13.2. The molecule has 0 aliphatic carbocycles. The van der Waals surface area contributed by atoms with E-state index < -0.39 is 6.04 Å². The van der Waals surface area contributed by atoms with Crippen LogP contribution in [0.2, 0.25) is 0 Å². The van der Waals surface area contributed by atoms with E-state index in [9.17, 15) is 4.79 Å². The van der Waals surface area contributed by atoms with Crippen LogP contribution in [0, 0.1) is 5.92 Å². The Morgan fingerprint density at radius 3 is 2.33 bits per heavy atom. The van der Waals surface area contributed by atoms with E-state index in [1.807, 2.05) is 35.2 Å². The largest absolute Gasteiger partial charge is 0.338 e. The van der Waals surface area contributed by atoms with E-state index in [1.54, 1.807) is 0 Å². The number of piperazine rings is 1. The molecule has 0 spiro atoms. The molecule has 1 atom stereocenters. The molecule has 0 radical (unpaired) electrons. The SMILES string of the molecule is CC(C)CCN1CCN(C(=O)C(N)c2ccccc2)CC1. The number of nitrogens with zero attached hydrogens (tertiary/aromatic N) is 2. The molecule has 4 heteroatoms. The molecule has 0 bridgehead atoms. The van der Waals surface area contributed by atoms with E-state index in [2.05, 4.69) is 18.7 Å². The Bertz CT molecular complexity index is 439. The summed E-state index contributed by atoms with van der Waals surface area (Å²) in [5.41, 5.74) is 6.99. The number of rotatable bonds is 5. The molecule has 0 aromatic heterocycles. The Morgan fingerprint density at radius 1 is 1.14 bits per heavy atom. The van der Waals surface area contributed by atoms with Gasteiger partial charge in [-0.15, -0.1) is 0 Å². The zero-order valence-corrected chi connectivity index (χ0v) is 13.2. The normalized spacial score (nSPS) is 18.0. The quantitative estimate of drug-likeness (QED) is 0.900. The van der Waals surface area contributed by atoms with Gasteiger partial charge >= 0.3 is 0 Å². The fraction of sp³-hybridized carbons (Fsp3) is 0.588. The molecule has 1 saturated heterocycles. The smallest absolute Gasteiger partial charge is 0.244 e. The summed E-state index contributed by atoms with van der Waals surface area (Å²) in [7, 11) is 0. The van der Waals surface area contributed by atoms with Crippen LogP contribution in [-0.4, -0.2) is 48.4 Å². The maximum atomic E-state index is 12.5. The van der Waals surface area contributed by atoms with Crippen molar-refractivity contribution in [2.75, 3.05) is 32.7 Å². The van der Waals surface area contributed by atoms with Crippen LogP contribution in [-0.2, 0) is 4.79 Å². The highest BCUT2D eigenvalue weighted by atomic mass is 16.2. The summed E-state index contributed by atoms with van der Waals surface area (Å²) in [6.07, 6.45) is 1.22. The molecule has 1 aromatic rings. The molecule has 0 saturated carbocycles. The molecule has 4 nitrogen and oxygen atoms in total. The summed E-state index contributed by atoms with van der Waals surface area (Å²) in [5.74, 6) is 0.779. The summed E-state index contributed by atoms with van der Waals surface area (Å²) in [4.78, 5) is 16.8. The van der Waals surface area contributed by atoms with Crippen molar-refractivity contribution >= 4 is 5.91 Å². The lowest BCUT2D eigenvalue weighted by molar-refractivity contribution is -0.134. The van der Waals surface area contributed by atoms with Gasteiger partial charge in [0.1, 0.15) is 6.04 Å². The number of hydrogen-bond donors (Lipinski definition) is 1. The van der Waals surface area contributed by atoms with Crippen LogP contribution < -0.4 is 5.73 Å². The van der Waals surface area contributed by atoms with Crippen LogP contribution in [0.4, 0.5) is 0 Å². The molecule has 1 amide bonds. The fourth-order valence-electron chi connectivity index (χ4n) is 2.63. The van der Waals surface area contributed by atoms with Crippen molar-refractivity contribution in [1.82, 2.24) is 9.80 Å². The first-order valence-corrected chi connectivity index (χ1v) is 7.89. The molecule has 1 aromatic carbocycles. The van der Waals surface area contributed by atoms with Crippen molar-refractivity contribution in [2.45, 2.75) is 26.3 Å².